The molecule has 40 valence electrons. The van der Waals surface area contributed by atoms with E-state index in [9.17, 15) is 0 Å². The lowest BCUT2D eigenvalue weighted by atomic mass is 10.9. The summed E-state index contributed by atoms with van der Waals surface area (Å²) in [5, 5.41) is 0. The Labute approximate surface area is 51.2 Å². The average molecular weight is 135 g/mol. The predicted molar refractivity (Wildman–Crippen MR) is 36.7 cm³/mol. The quantitative estimate of drug-likeness (QED) is 0.394. The van der Waals surface area contributed by atoms with Crippen molar-refractivity contribution in [1.29, 1.82) is 0 Å². The molecule has 1 saturated heterocycles. The molecule has 1 heterocycles. The van der Waals surface area contributed by atoms with Crippen LogP contribution < -0.4 is 0 Å². The number of carbonyl (C=O) groups excluding carboxylic acids is 1. The Kier molecular flexibility index (Phi) is 2.06. The molecule has 1 aliphatic heterocycles. The highest BCUT2D eigenvalue weighted by atomic mass is 32.2. The van der Waals surface area contributed by atoms with Crippen LogP contribution in [0.4, 0.5) is 0 Å². The first kappa shape index (κ1) is 5.51. The van der Waals surface area contributed by atoms with E-state index in [4.69, 9.17) is 4.79 Å². The summed E-state index contributed by atoms with van der Waals surface area (Å²) in [4.78, 5) is 8.40. The van der Waals surface area contributed by atoms with Gasteiger partial charge in [0, 0.05) is 11.5 Å². The summed E-state index contributed by atoms with van der Waals surface area (Å²) >= 11 is 3.60. The molecule has 1 rings (SSSR count). The van der Waals surface area contributed by atoms with E-state index in [0.717, 1.165) is 0 Å². The van der Waals surface area contributed by atoms with E-state index in [1.807, 2.05) is 0 Å². The molecule has 1 aliphatic rings. The highest BCUT2D eigenvalue weighted by molar-refractivity contribution is 8.21. The fourth-order valence-corrected chi connectivity index (χ4v) is 2.83. The standard InChI is InChI=1S/C4H6OS2/c5-3-4-6-1-2-7-4/h3-4H,1-2H2/p+1. The zero-order valence-corrected chi connectivity index (χ0v) is 5.47. The van der Waals surface area contributed by atoms with Gasteiger partial charge < -0.3 is 0 Å². The molecular formula is C4H7OS2+. The minimum Gasteiger partial charge on any atom is -0.285 e. The molecule has 7 heavy (non-hydrogen) atoms. The van der Waals surface area contributed by atoms with Crippen LogP contribution in [0, 0.1) is 0 Å². The SMILES string of the molecule is [OH+]=CC1SCCS1. The number of hydrogen-bond acceptors (Lipinski definition) is 2. The van der Waals surface area contributed by atoms with E-state index in [2.05, 4.69) is 0 Å². The molecule has 0 aliphatic carbocycles. The van der Waals surface area contributed by atoms with Crippen molar-refractivity contribution >= 4 is 29.8 Å². The molecule has 0 atom stereocenters. The van der Waals surface area contributed by atoms with Crippen LogP contribution in [0.15, 0.2) is 0 Å². The second-order valence-electron chi connectivity index (χ2n) is 1.26. The molecule has 0 saturated carbocycles. The molecule has 1 N–H and O–H groups in total. The third kappa shape index (κ3) is 1.39. The maximum absolute atomic E-state index is 8.40. The van der Waals surface area contributed by atoms with Crippen LogP contribution in [0.2, 0.25) is 0 Å². The summed E-state index contributed by atoms with van der Waals surface area (Å²) in [6, 6.07) is 0. The van der Waals surface area contributed by atoms with Crippen molar-refractivity contribution in [3.05, 3.63) is 0 Å². The minimum absolute atomic E-state index is 0.361. The summed E-state index contributed by atoms with van der Waals surface area (Å²) in [5.41, 5.74) is 0. The fourth-order valence-electron chi connectivity index (χ4n) is 0.463. The Morgan fingerprint density at radius 3 is 2.29 bits per heavy atom. The van der Waals surface area contributed by atoms with Gasteiger partial charge in [-0.25, -0.2) is 0 Å². The number of rotatable bonds is 1. The molecule has 0 amide bonds. The van der Waals surface area contributed by atoms with Crippen LogP contribution in [0.3, 0.4) is 0 Å². The summed E-state index contributed by atoms with van der Waals surface area (Å²) in [7, 11) is 0. The van der Waals surface area contributed by atoms with Crippen molar-refractivity contribution in [3.63, 3.8) is 0 Å². The van der Waals surface area contributed by atoms with Gasteiger partial charge in [0.1, 0.15) is 0 Å². The third-order valence-corrected chi connectivity index (χ3v) is 3.62. The average Bonchev–Trinajstić information content (AvgIpc) is 2.14. The van der Waals surface area contributed by atoms with Crippen molar-refractivity contribution in [2.45, 2.75) is 4.58 Å². The zero-order chi connectivity index (χ0) is 5.11. The Balaban J connectivity index is 2.26. The van der Waals surface area contributed by atoms with Crippen LogP contribution in [0.5, 0.6) is 0 Å². The van der Waals surface area contributed by atoms with Crippen molar-refractivity contribution in [3.8, 4) is 0 Å². The van der Waals surface area contributed by atoms with Gasteiger partial charge >= 0.3 is 6.29 Å². The highest BCUT2D eigenvalue weighted by Crippen LogP contribution is 2.29. The molecule has 3 heteroatoms. The van der Waals surface area contributed by atoms with Gasteiger partial charge in [0.15, 0.2) is 4.58 Å². The second-order valence-corrected chi connectivity index (χ2v) is 4.06. The molecule has 0 unspecified atom stereocenters. The molecule has 0 bridgehead atoms. The zero-order valence-electron chi connectivity index (χ0n) is 3.83. The summed E-state index contributed by atoms with van der Waals surface area (Å²) in [6.07, 6.45) is 1.27. The molecule has 0 aromatic heterocycles. The van der Waals surface area contributed by atoms with Gasteiger partial charge in [0.2, 0.25) is 0 Å². The topological polar surface area (TPSA) is 21.4 Å². The van der Waals surface area contributed by atoms with Crippen LogP contribution in [0.25, 0.3) is 0 Å². The van der Waals surface area contributed by atoms with E-state index in [1.165, 1.54) is 17.8 Å². The monoisotopic (exact) mass is 135 g/mol. The summed E-state index contributed by atoms with van der Waals surface area (Å²) < 4.78 is 0.361. The van der Waals surface area contributed by atoms with E-state index < -0.39 is 0 Å². The number of thioether (sulfide) groups is 2. The molecule has 1 nitrogen and oxygen atoms in total. The Bertz CT molecular complexity index is 68.1. The first-order chi connectivity index (χ1) is 3.43. The lowest BCUT2D eigenvalue weighted by Gasteiger charge is -1.85. The van der Waals surface area contributed by atoms with E-state index >= 15 is 0 Å². The van der Waals surface area contributed by atoms with Gasteiger partial charge in [-0.05, 0) is 0 Å². The molecule has 0 radical (unpaired) electrons. The fraction of sp³-hybridized carbons (Fsp3) is 0.750. The van der Waals surface area contributed by atoms with E-state index in [-0.39, 0.29) is 0 Å². The van der Waals surface area contributed by atoms with Crippen molar-refractivity contribution in [2.75, 3.05) is 11.5 Å². The first-order valence-electron chi connectivity index (χ1n) is 2.14. The van der Waals surface area contributed by atoms with Crippen LogP contribution in [-0.4, -0.2) is 27.2 Å². The Morgan fingerprint density at radius 1 is 1.43 bits per heavy atom. The lowest BCUT2D eigenvalue weighted by molar-refractivity contribution is 0.690. The predicted octanol–water partition coefficient (Wildman–Crippen LogP) is 0.967. The maximum atomic E-state index is 8.40. The normalized spacial score (nSPS) is 22.9. The van der Waals surface area contributed by atoms with E-state index in [1.54, 1.807) is 23.5 Å². The number of aldehydes is 1. The second kappa shape index (κ2) is 2.62. The Hall–Kier alpha value is 0.370. The third-order valence-electron chi connectivity index (χ3n) is 0.769. The van der Waals surface area contributed by atoms with Gasteiger partial charge in [0.05, 0.1) is 0 Å². The van der Waals surface area contributed by atoms with Gasteiger partial charge in [-0.3, -0.25) is 4.79 Å². The van der Waals surface area contributed by atoms with Crippen LogP contribution in [0.1, 0.15) is 0 Å². The largest absolute Gasteiger partial charge is 0.304 e. The van der Waals surface area contributed by atoms with Crippen LogP contribution in [-0.2, 0) is 0 Å². The Morgan fingerprint density at radius 2 is 2.00 bits per heavy atom. The van der Waals surface area contributed by atoms with Gasteiger partial charge in [0.25, 0.3) is 0 Å². The maximum Gasteiger partial charge on any atom is 0.304 e. The summed E-state index contributed by atoms with van der Waals surface area (Å²) in [5.74, 6) is 2.37. The summed E-state index contributed by atoms with van der Waals surface area (Å²) in [6.45, 7) is 0. The van der Waals surface area contributed by atoms with Gasteiger partial charge in [-0.2, -0.15) is 0 Å². The molecule has 0 spiro atoms. The van der Waals surface area contributed by atoms with Crippen molar-refractivity contribution < 1.29 is 4.79 Å². The smallest absolute Gasteiger partial charge is 0.285 e. The molecule has 0 aromatic carbocycles. The van der Waals surface area contributed by atoms with E-state index in [0.29, 0.717) is 4.58 Å². The van der Waals surface area contributed by atoms with Crippen molar-refractivity contribution in [1.82, 2.24) is 0 Å². The molecular weight excluding hydrogens is 128 g/mol. The first-order valence-corrected chi connectivity index (χ1v) is 4.24. The van der Waals surface area contributed by atoms with Crippen LogP contribution >= 0.6 is 23.5 Å². The van der Waals surface area contributed by atoms with Gasteiger partial charge in [-0.15, -0.1) is 23.5 Å². The molecule has 0 aromatic rings. The highest BCUT2D eigenvalue weighted by Gasteiger charge is 2.16. The van der Waals surface area contributed by atoms with Gasteiger partial charge in [-0.1, -0.05) is 0 Å². The number of hydrogen-bond donors (Lipinski definition) is 0. The molecule has 1 fully saturated rings. The lowest BCUT2D eigenvalue weighted by Crippen LogP contribution is -1.89. The van der Waals surface area contributed by atoms with Crippen molar-refractivity contribution in [2.24, 2.45) is 0 Å². The minimum atomic E-state index is 0.361.